The average molecular weight is 430 g/mol. The maximum absolute atomic E-state index is 12.8. The quantitative estimate of drug-likeness (QED) is 0.545. The number of thiazole rings is 1. The van der Waals surface area contributed by atoms with Gasteiger partial charge in [-0.05, 0) is 45.4 Å². The number of rotatable bonds is 6. The summed E-state index contributed by atoms with van der Waals surface area (Å²) in [5, 5.41) is 7.60. The van der Waals surface area contributed by atoms with E-state index < -0.39 is 0 Å². The number of hydrogen-bond acceptors (Lipinski definition) is 5. The maximum atomic E-state index is 12.8. The highest BCUT2D eigenvalue weighted by Gasteiger charge is 2.26. The highest BCUT2D eigenvalue weighted by atomic mass is 32.1. The molecule has 2 heterocycles. The predicted octanol–water partition coefficient (Wildman–Crippen LogP) is 2.96. The number of benzene rings is 1. The molecule has 2 unspecified atom stereocenters. The number of hydrogen-bond donors (Lipinski definition) is 2. The molecule has 1 aliphatic rings. The second kappa shape index (κ2) is 10.5. The van der Waals surface area contributed by atoms with E-state index in [1.165, 1.54) is 4.88 Å². The van der Waals surface area contributed by atoms with Crippen LogP contribution in [0.25, 0.3) is 0 Å². The molecular weight excluding hydrogens is 398 g/mol. The largest absolute Gasteiger partial charge is 0.372 e. The SMILES string of the molecule is CCNC(=NCc1ccc(C(=O)N2CC(C)OC(C)C2)cc1)NCc1ncc(C)s1. The summed E-state index contributed by atoms with van der Waals surface area (Å²) in [6.07, 6.45) is 2.01. The maximum Gasteiger partial charge on any atom is 0.254 e. The molecule has 2 aromatic rings. The van der Waals surface area contributed by atoms with Crippen LogP contribution >= 0.6 is 11.3 Å². The Bertz CT molecular complexity index is 855. The number of aliphatic imine (C=N–C) groups is 1. The number of guanidine groups is 1. The monoisotopic (exact) mass is 429 g/mol. The van der Waals surface area contributed by atoms with E-state index in [4.69, 9.17) is 4.74 Å². The zero-order chi connectivity index (χ0) is 21.5. The Morgan fingerprint density at radius 1 is 1.23 bits per heavy atom. The molecule has 7 nitrogen and oxygen atoms in total. The summed E-state index contributed by atoms with van der Waals surface area (Å²) in [5.74, 6) is 0.808. The Morgan fingerprint density at radius 3 is 2.53 bits per heavy atom. The van der Waals surface area contributed by atoms with Gasteiger partial charge in [0.15, 0.2) is 5.96 Å². The lowest BCUT2D eigenvalue weighted by molar-refractivity contribution is -0.0586. The van der Waals surface area contributed by atoms with Crippen molar-refractivity contribution in [3.63, 3.8) is 0 Å². The first-order valence-electron chi connectivity index (χ1n) is 10.4. The molecule has 0 saturated carbocycles. The van der Waals surface area contributed by atoms with Crippen molar-refractivity contribution in [3.8, 4) is 0 Å². The molecule has 3 rings (SSSR count). The van der Waals surface area contributed by atoms with Gasteiger partial charge in [-0.15, -0.1) is 11.3 Å². The normalized spacial score (nSPS) is 19.6. The van der Waals surface area contributed by atoms with Gasteiger partial charge in [-0.3, -0.25) is 4.79 Å². The third-order valence-corrected chi connectivity index (χ3v) is 5.66. The molecule has 8 heteroatoms. The fraction of sp³-hybridized carbons (Fsp3) is 0.500. The van der Waals surface area contributed by atoms with Crippen LogP contribution in [0.3, 0.4) is 0 Å². The van der Waals surface area contributed by atoms with Crippen LogP contribution < -0.4 is 10.6 Å². The zero-order valence-electron chi connectivity index (χ0n) is 18.1. The lowest BCUT2D eigenvalue weighted by Crippen LogP contribution is -2.48. The zero-order valence-corrected chi connectivity index (χ0v) is 19.0. The van der Waals surface area contributed by atoms with Crippen molar-refractivity contribution in [1.29, 1.82) is 0 Å². The predicted molar refractivity (Wildman–Crippen MR) is 121 cm³/mol. The molecule has 2 N–H and O–H groups in total. The topological polar surface area (TPSA) is 78.9 Å². The van der Waals surface area contributed by atoms with Gasteiger partial charge in [0.2, 0.25) is 0 Å². The second-order valence-electron chi connectivity index (χ2n) is 7.58. The number of aryl methyl sites for hydroxylation is 1. The minimum atomic E-state index is 0.0563. The van der Waals surface area contributed by atoms with Gasteiger partial charge in [0, 0.05) is 36.3 Å². The van der Waals surface area contributed by atoms with Gasteiger partial charge in [-0.1, -0.05) is 12.1 Å². The molecule has 0 aliphatic carbocycles. The standard InChI is InChI=1S/C22H31N5O2S/c1-5-23-22(26-12-20-24-10-17(4)30-20)25-11-18-6-8-19(9-7-18)21(28)27-13-15(2)29-16(3)14-27/h6-10,15-16H,5,11-14H2,1-4H3,(H2,23,25,26). The molecule has 1 fully saturated rings. The van der Waals surface area contributed by atoms with Crippen LogP contribution in [-0.4, -0.2) is 53.6 Å². The van der Waals surface area contributed by atoms with Crippen LogP contribution in [0.4, 0.5) is 0 Å². The van der Waals surface area contributed by atoms with Crippen LogP contribution in [0.15, 0.2) is 35.5 Å². The Hall–Kier alpha value is -2.45. The van der Waals surface area contributed by atoms with Crippen molar-refractivity contribution in [1.82, 2.24) is 20.5 Å². The summed E-state index contributed by atoms with van der Waals surface area (Å²) >= 11 is 1.68. The van der Waals surface area contributed by atoms with Gasteiger partial charge >= 0.3 is 0 Å². The van der Waals surface area contributed by atoms with Gasteiger partial charge in [0.25, 0.3) is 5.91 Å². The molecule has 1 aromatic heterocycles. The van der Waals surface area contributed by atoms with Crippen LogP contribution in [0.1, 0.15) is 46.6 Å². The van der Waals surface area contributed by atoms with Crippen LogP contribution in [0.5, 0.6) is 0 Å². The summed E-state index contributed by atoms with van der Waals surface area (Å²) in [7, 11) is 0. The smallest absolute Gasteiger partial charge is 0.254 e. The van der Waals surface area contributed by atoms with Crippen molar-refractivity contribution < 1.29 is 9.53 Å². The minimum absolute atomic E-state index is 0.0563. The van der Waals surface area contributed by atoms with E-state index in [1.807, 2.05) is 56.1 Å². The van der Waals surface area contributed by atoms with E-state index in [-0.39, 0.29) is 18.1 Å². The first kappa shape index (κ1) is 22.2. The number of ether oxygens (including phenoxy) is 1. The summed E-state index contributed by atoms with van der Waals surface area (Å²) < 4.78 is 5.72. The van der Waals surface area contributed by atoms with E-state index in [0.29, 0.717) is 31.7 Å². The number of nitrogens with zero attached hydrogens (tertiary/aromatic N) is 3. The summed E-state index contributed by atoms with van der Waals surface area (Å²) in [5.41, 5.74) is 1.76. The summed E-state index contributed by atoms with van der Waals surface area (Å²) in [6.45, 7) is 11.3. The lowest BCUT2D eigenvalue weighted by atomic mass is 10.1. The van der Waals surface area contributed by atoms with Crippen molar-refractivity contribution in [2.24, 2.45) is 4.99 Å². The van der Waals surface area contributed by atoms with Gasteiger partial charge in [-0.2, -0.15) is 0 Å². The first-order valence-corrected chi connectivity index (χ1v) is 11.2. The molecule has 0 radical (unpaired) electrons. The third-order valence-electron chi connectivity index (χ3n) is 4.75. The first-order chi connectivity index (χ1) is 14.4. The molecule has 0 spiro atoms. The highest BCUT2D eigenvalue weighted by molar-refractivity contribution is 7.11. The van der Waals surface area contributed by atoms with Crippen LogP contribution in [0.2, 0.25) is 0 Å². The molecule has 1 amide bonds. The number of nitrogens with one attached hydrogen (secondary N) is 2. The lowest BCUT2D eigenvalue weighted by Gasteiger charge is -2.35. The Labute approximate surface area is 182 Å². The molecule has 2 atom stereocenters. The minimum Gasteiger partial charge on any atom is -0.372 e. The molecule has 0 bridgehead atoms. The van der Waals surface area contributed by atoms with E-state index in [0.717, 1.165) is 23.1 Å². The highest BCUT2D eigenvalue weighted by Crippen LogP contribution is 2.15. The van der Waals surface area contributed by atoms with Crippen molar-refractivity contribution in [3.05, 3.63) is 51.5 Å². The fourth-order valence-electron chi connectivity index (χ4n) is 3.43. The van der Waals surface area contributed by atoms with E-state index in [1.54, 1.807) is 11.3 Å². The molecule has 162 valence electrons. The average Bonchev–Trinajstić information content (AvgIpc) is 3.14. The van der Waals surface area contributed by atoms with Crippen LogP contribution in [0, 0.1) is 6.92 Å². The molecule has 30 heavy (non-hydrogen) atoms. The Kier molecular flexibility index (Phi) is 7.81. The van der Waals surface area contributed by atoms with Gasteiger partial charge in [0.1, 0.15) is 5.01 Å². The van der Waals surface area contributed by atoms with E-state index in [2.05, 4.69) is 27.5 Å². The van der Waals surface area contributed by atoms with E-state index in [9.17, 15) is 4.79 Å². The van der Waals surface area contributed by atoms with Gasteiger partial charge in [-0.25, -0.2) is 9.98 Å². The summed E-state index contributed by atoms with van der Waals surface area (Å²) in [4.78, 5) is 24.9. The molecule has 1 aromatic carbocycles. The van der Waals surface area contributed by atoms with Crippen LogP contribution in [-0.2, 0) is 17.8 Å². The van der Waals surface area contributed by atoms with Crippen molar-refractivity contribution in [2.75, 3.05) is 19.6 Å². The molecule has 1 saturated heterocycles. The van der Waals surface area contributed by atoms with Gasteiger partial charge in [0.05, 0.1) is 25.3 Å². The Balaban J connectivity index is 1.58. The number of morpholine rings is 1. The van der Waals surface area contributed by atoms with E-state index >= 15 is 0 Å². The molecule has 1 aliphatic heterocycles. The third kappa shape index (κ3) is 6.27. The number of aromatic nitrogens is 1. The number of amides is 1. The van der Waals surface area contributed by atoms with Crippen molar-refractivity contribution >= 4 is 23.2 Å². The second-order valence-corrected chi connectivity index (χ2v) is 8.90. The Morgan fingerprint density at radius 2 is 1.93 bits per heavy atom. The summed E-state index contributed by atoms with van der Waals surface area (Å²) in [6, 6.07) is 7.71. The number of carbonyl (C=O) groups is 1. The van der Waals surface area contributed by atoms with Gasteiger partial charge < -0.3 is 20.3 Å². The van der Waals surface area contributed by atoms with Crippen molar-refractivity contribution in [2.45, 2.75) is 53.0 Å². The number of carbonyl (C=O) groups excluding carboxylic acids is 1. The molecular formula is C22H31N5O2S. The fourth-order valence-corrected chi connectivity index (χ4v) is 4.16.